The summed E-state index contributed by atoms with van der Waals surface area (Å²) in [6.45, 7) is 4.94. The van der Waals surface area contributed by atoms with E-state index in [4.69, 9.17) is 5.11 Å². The smallest absolute Gasteiger partial charge is 0.304 e. The average Bonchev–Trinajstić information content (AvgIpc) is 3.12. The predicted molar refractivity (Wildman–Crippen MR) is 73.1 cm³/mol. The zero-order valence-electron chi connectivity index (χ0n) is 11.7. The van der Waals surface area contributed by atoms with Crippen LogP contribution in [0.1, 0.15) is 46.0 Å². The minimum Gasteiger partial charge on any atom is -0.481 e. The summed E-state index contributed by atoms with van der Waals surface area (Å²) in [7, 11) is -3.52. The fourth-order valence-electron chi connectivity index (χ4n) is 2.04. The third-order valence-corrected chi connectivity index (χ3v) is 5.16. The molecule has 112 valence electrons. The minimum absolute atomic E-state index is 0.000521. The monoisotopic (exact) mass is 292 g/mol. The summed E-state index contributed by atoms with van der Waals surface area (Å²) >= 11 is 0. The molecule has 1 saturated carbocycles. The molecule has 19 heavy (non-hydrogen) atoms. The number of aliphatic carboxylic acids is 1. The van der Waals surface area contributed by atoms with Gasteiger partial charge in [0.25, 0.3) is 10.2 Å². The van der Waals surface area contributed by atoms with Gasteiger partial charge in [0.2, 0.25) is 0 Å². The lowest BCUT2D eigenvalue weighted by Crippen LogP contribution is -2.46. The summed E-state index contributed by atoms with van der Waals surface area (Å²) in [6.07, 6.45) is 3.06. The van der Waals surface area contributed by atoms with Gasteiger partial charge < -0.3 is 5.11 Å². The van der Waals surface area contributed by atoms with E-state index in [1.807, 2.05) is 13.8 Å². The zero-order valence-corrected chi connectivity index (χ0v) is 12.5. The summed E-state index contributed by atoms with van der Waals surface area (Å²) in [5.41, 5.74) is 0. The Bertz CT molecular complexity index is 387. The van der Waals surface area contributed by atoms with E-state index >= 15 is 0 Å². The molecule has 0 bridgehead atoms. The Morgan fingerprint density at radius 2 is 1.68 bits per heavy atom. The molecule has 1 N–H and O–H groups in total. The molecule has 0 spiro atoms. The molecular formula is C12H24N2O4S. The Hall–Kier alpha value is -0.660. The molecule has 0 heterocycles. The number of carbonyl (C=O) groups is 1. The van der Waals surface area contributed by atoms with E-state index in [0.29, 0.717) is 13.1 Å². The largest absolute Gasteiger partial charge is 0.481 e. The molecule has 0 aliphatic heterocycles. The number of hydrogen-bond donors (Lipinski definition) is 1. The highest BCUT2D eigenvalue weighted by Gasteiger charge is 2.39. The molecule has 0 radical (unpaired) electrons. The molecule has 0 aromatic rings. The van der Waals surface area contributed by atoms with E-state index in [-0.39, 0.29) is 19.0 Å². The van der Waals surface area contributed by atoms with Crippen molar-refractivity contribution < 1.29 is 18.3 Å². The first-order chi connectivity index (χ1) is 8.93. The van der Waals surface area contributed by atoms with Gasteiger partial charge in [0.15, 0.2) is 0 Å². The Labute approximate surface area is 115 Å². The summed E-state index contributed by atoms with van der Waals surface area (Å²) in [5.74, 6) is -0.960. The number of carboxylic acids is 1. The third kappa shape index (κ3) is 4.74. The lowest BCUT2D eigenvalue weighted by atomic mass is 10.4. The summed E-state index contributed by atoms with van der Waals surface area (Å²) in [5, 5.41) is 8.74. The minimum atomic E-state index is -3.52. The van der Waals surface area contributed by atoms with Crippen molar-refractivity contribution in [1.82, 2.24) is 8.61 Å². The highest BCUT2D eigenvalue weighted by atomic mass is 32.2. The maximum atomic E-state index is 12.6. The van der Waals surface area contributed by atoms with Crippen molar-refractivity contribution in [2.75, 3.05) is 19.6 Å². The molecule has 1 fully saturated rings. The fourth-order valence-corrected chi connectivity index (χ4v) is 4.08. The van der Waals surface area contributed by atoms with Crippen LogP contribution in [0.25, 0.3) is 0 Å². The molecule has 0 aromatic carbocycles. The molecule has 0 aromatic heterocycles. The Morgan fingerprint density at radius 1 is 1.16 bits per heavy atom. The average molecular weight is 292 g/mol. The van der Waals surface area contributed by atoms with E-state index in [1.165, 1.54) is 8.61 Å². The fraction of sp³-hybridized carbons (Fsp3) is 0.917. The first-order valence-corrected chi connectivity index (χ1v) is 8.31. The number of hydrogen-bond acceptors (Lipinski definition) is 3. The van der Waals surface area contributed by atoms with Gasteiger partial charge in [0.05, 0.1) is 6.42 Å². The molecular weight excluding hydrogens is 268 g/mol. The number of nitrogens with zero attached hydrogens (tertiary/aromatic N) is 2. The lowest BCUT2D eigenvalue weighted by Gasteiger charge is -2.29. The van der Waals surface area contributed by atoms with Crippen LogP contribution < -0.4 is 0 Å². The first kappa shape index (κ1) is 16.4. The van der Waals surface area contributed by atoms with E-state index in [9.17, 15) is 13.2 Å². The van der Waals surface area contributed by atoms with Gasteiger partial charge in [0, 0.05) is 25.7 Å². The highest BCUT2D eigenvalue weighted by Crippen LogP contribution is 2.30. The lowest BCUT2D eigenvalue weighted by molar-refractivity contribution is -0.137. The van der Waals surface area contributed by atoms with Gasteiger partial charge in [-0.1, -0.05) is 13.8 Å². The van der Waals surface area contributed by atoms with Crippen LogP contribution in [0.2, 0.25) is 0 Å². The van der Waals surface area contributed by atoms with Crippen LogP contribution in [-0.2, 0) is 15.0 Å². The quantitative estimate of drug-likeness (QED) is 0.658. The molecule has 1 rings (SSSR count). The van der Waals surface area contributed by atoms with Crippen LogP contribution >= 0.6 is 0 Å². The van der Waals surface area contributed by atoms with Gasteiger partial charge in [-0.15, -0.1) is 0 Å². The standard InChI is InChI=1S/C12H24N2O4S/c1-3-8-13(9-4-2)19(17,18)14(11-5-6-11)10-7-12(15)16/h11H,3-10H2,1-2H3,(H,15,16). The molecule has 0 unspecified atom stereocenters. The molecule has 1 aliphatic carbocycles. The second kappa shape index (κ2) is 7.21. The SMILES string of the molecule is CCCN(CCC)S(=O)(=O)N(CCC(=O)O)C1CC1. The summed E-state index contributed by atoms with van der Waals surface area (Å²) < 4.78 is 28.0. The third-order valence-electron chi connectivity index (χ3n) is 3.07. The van der Waals surface area contributed by atoms with Crippen LogP contribution in [-0.4, -0.2) is 53.8 Å². The molecule has 7 heteroatoms. The Morgan fingerprint density at radius 3 is 2.05 bits per heavy atom. The predicted octanol–water partition coefficient (Wildman–Crippen LogP) is 1.29. The molecule has 6 nitrogen and oxygen atoms in total. The van der Waals surface area contributed by atoms with E-state index in [1.54, 1.807) is 0 Å². The molecule has 1 aliphatic rings. The number of rotatable bonds is 10. The van der Waals surface area contributed by atoms with Crippen molar-refractivity contribution in [2.24, 2.45) is 0 Å². The van der Waals surface area contributed by atoms with Gasteiger partial charge >= 0.3 is 5.97 Å². The normalized spacial score (nSPS) is 16.2. The van der Waals surface area contributed by atoms with Gasteiger partial charge in [-0.05, 0) is 25.7 Å². The van der Waals surface area contributed by atoms with E-state index in [0.717, 1.165) is 25.7 Å². The van der Waals surface area contributed by atoms with Crippen LogP contribution in [0, 0.1) is 0 Å². The van der Waals surface area contributed by atoms with Gasteiger partial charge in [0.1, 0.15) is 0 Å². The van der Waals surface area contributed by atoms with E-state index in [2.05, 4.69) is 0 Å². The second-order valence-corrected chi connectivity index (χ2v) is 6.77. The van der Waals surface area contributed by atoms with Crippen LogP contribution in [0.5, 0.6) is 0 Å². The van der Waals surface area contributed by atoms with Crippen molar-refractivity contribution in [3.8, 4) is 0 Å². The second-order valence-electron chi connectivity index (χ2n) is 4.89. The van der Waals surface area contributed by atoms with Gasteiger partial charge in [-0.3, -0.25) is 4.79 Å². The van der Waals surface area contributed by atoms with Crippen molar-refractivity contribution in [3.63, 3.8) is 0 Å². The highest BCUT2D eigenvalue weighted by molar-refractivity contribution is 7.86. The molecule has 0 saturated heterocycles. The van der Waals surface area contributed by atoms with Gasteiger partial charge in [-0.2, -0.15) is 17.0 Å². The Kier molecular flexibility index (Phi) is 6.22. The van der Waals surface area contributed by atoms with Crippen molar-refractivity contribution >= 4 is 16.2 Å². The van der Waals surface area contributed by atoms with Crippen LogP contribution in [0.15, 0.2) is 0 Å². The van der Waals surface area contributed by atoms with Gasteiger partial charge in [-0.25, -0.2) is 0 Å². The molecule has 0 amide bonds. The Balaban J connectivity index is 2.80. The summed E-state index contributed by atoms with van der Waals surface area (Å²) in [6, 6.07) is 0.000521. The zero-order chi connectivity index (χ0) is 14.5. The van der Waals surface area contributed by atoms with Crippen molar-refractivity contribution in [3.05, 3.63) is 0 Å². The van der Waals surface area contributed by atoms with Crippen molar-refractivity contribution in [1.29, 1.82) is 0 Å². The topological polar surface area (TPSA) is 77.9 Å². The maximum Gasteiger partial charge on any atom is 0.304 e. The molecule has 0 atom stereocenters. The number of carboxylic acid groups (broad SMARTS) is 1. The maximum absolute atomic E-state index is 12.6. The summed E-state index contributed by atoms with van der Waals surface area (Å²) in [4.78, 5) is 10.7. The first-order valence-electron chi connectivity index (χ1n) is 6.92. The van der Waals surface area contributed by atoms with Crippen LogP contribution in [0.4, 0.5) is 0 Å². The van der Waals surface area contributed by atoms with Crippen molar-refractivity contribution in [2.45, 2.75) is 52.0 Å². The van der Waals surface area contributed by atoms with Crippen LogP contribution in [0.3, 0.4) is 0 Å². The van der Waals surface area contributed by atoms with E-state index < -0.39 is 16.2 Å².